The van der Waals surface area contributed by atoms with Crippen LogP contribution in [-0.2, 0) is 12.1 Å². The molecule has 3 aromatic carbocycles. The summed E-state index contributed by atoms with van der Waals surface area (Å²) in [6, 6.07) is 22.2. The topological polar surface area (TPSA) is 55.1 Å². The standard InChI is InChI=1S/C21H20N2O/c22-14-16-7-2-4-10-18(16)20(24)23-21(12-13-21)19-11-5-8-15-6-1-3-9-17(15)19/h1-11H,12-14,22H2,(H,23,24). The first-order chi connectivity index (χ1) is 11.7. The molecule has 1 fully saturated rings. The molecule has 0 aromatic heterocycles. The fourth-order valence-electron chi connectivity index (χ4n) is 3.43. The Kier molecular flexibility index (Phi) is 3.58. The lowest BCUT2D eigenvalue weighted by Gasteiger charge is -2.21. The zero-order valence-corrected chi connectivity index (χ0v) is 13.5. The number of amides is 1. The van der Waals surface area contributed by atoms with Gasteiger partial charge in [0.2, 0.25) is 0 Å². The summed E-state index contributed by atoms with van der Waals surface area (Å²) in [4.78, 5) is 12.8. The van der Waals surface area contributed by atoms with Crippen LogP contribution in [0.3, 0.4) is 0 Å². The molecule has 24 heavy (non-hydrogen) atoms. The van der Waals surface area contributed by atoms with Gasteiger partial charge in [0.15, 0.2) is 0 Å². The van der Waals surface area contributed by atoms with E-state index < -0.39 is 0 Å². The Morgan fingerprint density at radius 3 is 2.46 bits per heavy atom. The van der Waals surface area contributed by atoms with E-state index in [2.05, 4.69) is 35.6 Å². The fourth-order valence-corrected chi connectivity index (χ4v) is 3.43. The second-order valence-corrected chi connectivity index (χ2v) is 6.42. The molecule has 1 aliphatic rings. The summed E-state index contributed by atoms with van der Waals surface area (Å²) in [7, 11) is 0. The lowest BCUT2D eigenvalue weighted by molar-refractivity contribution is 0.0930. The molecule has 1 amide bonds. The van der Waals surface area contributed by atoms with E-state index in [1.54, 1.807) is 0 Å². The van der Waals surface area contributed by atoms with E-state index in [1.165, 1.54) is 16.3 Å². The van der Waals surface area contributed by atoms with Gasteiger partial charge in [-0.3, -0.25) is 4.79 Å². The van der Waals surface area contributed by atoms with E-state index in [1.807, 2.05) is 36.4 Å². The SMILES string of the molecule is NCc1ccccc1C(=O)NC1(c2cccc3ccccc23)CC1. The second kappa shape index (κ2) is 5.77. The van der Waals surface area contributed by atoms with Crippen LogP contribution in [0, 0.1) is 0 Å². The first-order valence-electron chi connectivity index (χ1n) is 8.32. The molecular formula is C21H20N2O. The third kappa shape index (κ3) is 2.47. The van der Waals surface area contributed by atoms with Gasteiger partial charge in [-0.1, -0.05) is 60.7 Å². The molecule has 120 valence electrons. The van der Waals surface area contributed by atoms with Gasteiger partial charge in [-0.2, -0.15) is 0 Å². The van der Waals surface area contributed by atoms with Gasteiger partial charge in [0.25, 0.3) is 5.91 Å². The molecule has 0 heterocycles. The first kappa shape index (κ1) is 14.9. The predicted molar refractivity (Wildman–Crippen MR) is 96.7 cm³/mol. The minimum absolute atomic E-state index is 0.0403. The van der Waals surface area contributed by atoms with Gasteiger partial charge in [0.05, 0.1) is 5.54 Å². The molecule has 1 saturated carbocycles. The molecule has 0 atom stereocenters. The maximum absolute atomic E-state index is 12.8. The smallest absolute Gasteiger partial charge is 0.252 e. The molecule has 3 aromatic rings. The molecule has 0 saturated heterocycles. The zero-order valence-electron chi connectivity index (χ0n) is 13.5. The number of fused-ring (bicyclic) bond motifs is 1. The highest BCUT2D eigenvalue weighted by Gasteiger charge is 2.46. The fraction of sp³-hybridized carbons (Fsp3) is 0.190. The highest BCUT2D eigenvalue weighted by Crippen LogP contribution is 2.48. The van der Waals surface area contributed by atoms with Crippen molar-refractivity contribution in [2.75, 3.05) is 0 Å². The van der Waals surface area contributed by atoms with Gasteiger partial charge in [0.1, 0.15) is 0 Å². The average molecular weight is 316 g/mol. The van der Waals surface area contributed by atoms with Crippen LogP contribution in [-0.4, -0.2) is 5.91 Å². The molecule has 3 heteroatoms. The number of hydrogen-bond acceptors (Lipinski definition) is 2. The summed E-state index contributed by atoms with van der Waals surface area (Å²) in [5.41, 5.74) is 8.28. The monoisotopic (exact) mass is 316 g/mol. The van der Waals surface area contributed by atoms with Crippen molar-refractivity contribution in [3.63, 3.8) is 0 Å². The highest BCUT2D eigenvalue weighted by atomic mass is 16.1. The summed E-state index contributed by atoms with van der Waals surface area (Å²) in [5.74, 6) is -0.0403. The average Bonchev–Trinajstić information content (AvgIpc) is 3.41. The third-order valence-corrected chi connectivity index (χ3v) is 4.89. The highest BCUT2D eigenvalue weighted by molar-refractivity contribution is 5.97. The number of carbonyl (C=O) groups is 1. The van der Waals surface area contributed by atoms with Crippen molar-refractivity contribution < 1.29 is 4.79 Å². The minimum Gasteiger partial charge on any atom is -0.342 e. The van der Waals surface area contributed by atoms with Crippen LogP contribution in [0.25, 0.3) is 10.8 Å². The van der Waals surface area contributed by atoms with Crippen molar-refractivity contribution >= 4 is 16.7 Å². The molecule has 0 aliphatic heterocycles. The molecule has 3 nitrogen and oxygen atoms in total. The van der Waals surface area contributed by atoms with E-state index in [0.717, 1.165) is 18.4 Å². The molecule has 4 rings (SSSR count). The molecule has 1 aliphatic carbocycles. The Labute approximate surface area is 141 Å². The van der Waals surface area contributed by atoms with Gasteiger partial charge < -0.3 is 11.1 Å². The lowest BCUT2D eigenvalue weighted by atomic mass is 9.96. The van der Waals surface area contributed by atoms with Crippen molar-refractivity contribution in [1.82, 2.24) is 5.32 Å². The van der Waals surface area contributed by atoms with Crippen LogP contribution in [0.15, 0.2) is 66.7 Å². The minimum atomic E-state index is -0.250. The largest absolute Gasteiger partial charge is 0.342 e. The van der Waals surface area contributed by atoms with Gasteiger partial charge >= 0.3 is 0 Å². The molecule has 0 radical (unpaired) electrons. The summed E-state index contributed by atoms with van der Waals surface area (Å²) in [6.45, 7) is 0.366. The molecule has 0 spiro atoms. The van der Waals surface area contributed by atoms with E-state index >= 15 is 0 Å². The van der Waals surface area contributed by atoms with E-state index in [-0.39, 0.29) is 11.4 Å². The van der Waals surface area contributed by atoms with E-state index in [4.69, 9.17) is 5.73 Å². The summed E-state index contributed by atoms with van der Waals surface area (Å²) < 4.78 is 0. The number of rotatable bonds is 4. The Bertz CT molecular complexity index is 907. The van der Waals surface area contributed by atoms with E-state index in [9.17, 15) is 4.79 Å². The van der Waals surface area contributed by atoms with Gasteiger partial charge in [-0.25, -0.2) is 0 Å². The molecule has 0 bridgehead atoms. The Hall–Kier alpha value is -2.65. The number of benzene rings is 3. The molecule has 0 unspecified atom stereocenters. The van der Waals surface area contributed by atoms with Crippen molar-refractivity contribution in [2.45, 2.75) is 24.9 Å². The first-order valence-corrected chi connectivity index (χ1v) is 8.32. The van der Waals surface area contributed by atoms with Crippen LogP contribution >= 0.6 is 0 Å². The normalized spacial score (nSPS) is 15.2. The zero-order chi connectivity index (χ0) is 16.6. The number of nitrogens with two attached hydrogens (primary N) is 1. The Morgan fingerprint density at radius 1 is 0.958 bits per heavy atom. The van der Waals surface area contributed by atoms with Crippen molar-refractivity contribution in [3.05, 3.63) is 83.4 Å². The summed E-state index contributed by atoms with van der Waals surface area (Å²) in [6.07, 6.45) is 1.94. The number of carbonyl (C=O) groups excluding carboxylic acids is 1. The quantitative estimate of drug-likeness (QED) is 0.771. The molecular weight excluding hydrogens is 296 g/mol. The second-order valence-electron chi connectivity index (χ2n) is 6.42. The van der Waals surface area contributed by atoms with Crippen molar-refractivity contribution in [2.24, 2.45) is 5.73 Å². The van der Waals surface area contributed by atoms with Crippen LogP contribution in [0.4, 0.5) is 0 Å². The number of nitrogens with one attached hydrogen (secondary N) is 1. The number of hydrogen-bond donors (Lipinski definition) is 2. The van der Waals surface area contributed by atoms with Crippen molar-refractivity contribution in [1.29, 1.82) is 0 Å². The van der Waals surface area contributed by atoms with Crippen LogP contribution in [0.1, 0.15) is 34.3 Å². The maximum atomic E-state index is 12.8. The molecule has 3 N–H and O–H groups in total. The van der Waals surface area contributed by atoms with Crippen LogP contribution < -0.4 is 11.1 Å². The summed E-state index contributed by atoms with van der Waals surface area (Å²) in [5, 5.41) is 5.69. The maximum Gasteiger partial charge on any atom is 0.252 e. The van der Waals surface area contributed by atoms with Crippen molar-refractivity contribution in [3.8, 4) is 0 Å². The van der Waals surface area contributed by atoms with Gasteiger partial charge in [0, 0.05) is 12.1 Å². The van der Waals surface area contributed by atoms with Crippen LogP contribution in [0.2, 0.25) is 0 Å². The Morgan fingerprint density at radius 2 is 1.67 bits per heavy atom. The predicted octanol–water partition coefficient (Wildman–Crippen LogP) is 3.72. The summed E-state index contributed by atoms with van der Waals surface area (Å²) >= 11 is 0. The van der Waals surface area contributed by atoms with Gasteiger partial charge in [-0.05, 0) is 40.8 Å². The van der Waals surface area contributed by atoms with Gasteiger partial charge in [-0.15, -0.1) is 0 Å². The van der Waals surface area contributed by atoms with Crippen LogP contribution in [0.5, 0.6) is 0 Å². The van der Waals surface area contributed by atoms with E-state index in [0.29, 0.717) is 12.1 Å². The Balaban J connectivity index is 1.70. The third-order valence-electron chi connectivity index (χ3n) is 4.89. The lowest BCUT2D eigenvalue weighted by Crippen LogP contribution is -2.35.